The van der Waals surface area contributed by atoms with Gasteiger partial charge in [-0.3, -0.25) is 9.59 Å². The van der Waals surface area contributed by atoms with Crippen LogP contribution in [-0.4, -0.2) is 29.1 Å². The van der Waals surface area contributed by atoms with Crippen LogP contribution >= 0.6 is 12.4 Å². The second-order valence-electron chi connectivity index (χ2n) is 4.80. The molecule has 2 aromatic rings. The number of anilines is 1. The standard InChI is InChI=1S/C15H19N3O3.ClH/c1-3-21-14(19)9-18-7-6-11-8-12(4-5-13(11)18)17-15(20)10(2)16;/h4-8,10H,3,9,16H2,1-2H3,(H,17,20);1H/t10-;/m1./s1. The van der Waals surface area contributed by atoms with Gasteiger partial charge < -0.3 is 20.4 Å². The molecule has 2 rings (SSSR count). The molecule has 0 unspecified atom stereocenters. The number of hydrogen-bond donors (Lipinski definition) is 2. The van der Waals surface area contributed by atoms with E-state index in [-0.39, 0.29) is 30.8 Å². The van der Waals surface area contributed by atoms with Crippen molar-refractivity contribution < 1.29 is 14.3 Å². The third-order valence-electron chi connectivity index (χ3n) is 3.06. The van der Waals surface area contributed by atoms with Crippen LogP contribution < -0.4 is 11.1 Å². The number of nitrogens with zero attached hydrogens (tertiary/aromatic N) is 1. The van der Waals surface area contributed by atoms with Crippen LogP contribution in [0.4, 0.5) is 5.69 Å². The van der Waals surface area contributed by atoms with Crippen molar-refractivity contribution in [3.8, 4) is 0 Å². The molecule has 1 amide bonds. The second-order valence-corrected chi connectivity index (χ2v) is 4.80. The number of nitrogens with two attached hydrogens (primary N) is 1. The molecular formula is C15H20ClN3O3. The van der Waals surface area contributed by atoms with Gasteiger partial charge in [-0.25, -0.2) is 0 Å². The third kappa shape index (κ3) is 4.22. The number of nitrogens with one attached hydrogen (secondary N) is 1. The zero-order valence-electron chi connectivity index (χ0n) is 12.5. The second kappa shape index (κ2) is 7.82. The number of rotatable bonds is 5. The van der Waals surface area contributed by atoms with Gasteiger partial charge in [-0.2, -0.15) is 0 Å². The summed E-state index contributed by atoms with van der Waals surface area (Å²) in [4.78, 5) is 23.1. The Labute approximate surface area is 135 Å². The summed E-state index contributed by atoms with van der Waals surface area (Å²) in [6, 6.07) is 6.80. The molecule has 0 saturated heterocycles. The fraction of sp³-hybridized carbons (Fsp3) is 0.333. The number of ether oxygens (including phenoxy) is 1. The summed E-state index contributed by atoms with van der Waals surface area (Å²) >= 11 is 0. The molecule has 22 heavy (non-hydrogen) atoms. The number of hydrogen-bond acceptors (Lipinski definition) is 4. The van der Waals surface area contributed by atoms with Gasteiger partial charge in [-0.05, 0) is 38.1 Å². The maximum absolute atomic E-state index is 11.6. The Hall–Kier alpha value is -2.05. The molecule has 6 nitrogen and oxygen atoms in total. The van der Waals surface area contributed by atoms with Crippen molar-refractivity contribution in [1.29, 1.82) is 0 Å². The Morgan fingerprint density at radius 3 is 2.73 bits per heavy atom. The van der Waals surface area contributed by atoms with Gasteiger partial charge in [0, 0.05) is 22.8 Å². The Kier molecular flexibility index (Phi) is 6.39. The van der Waals surface area contributed by atoms with Gasteiger partial charge >= 0.3 is 5.97 Å². The van der Waals surface area contributed by atoms with Crippen LogP contribution in [0.3, 0.4) is 0 Å². The number of amides is 1. The van der Waals surface area contributed by atoms with Crippen molar-refractivity contribution in [2.75, 3.05) is 11.9 Å². The number of carbonyl (C=O) groups is 2. The van der Waals surface area contributed by atoms with Gasteiger partial charge in [0.05, 0.1) is 12.6 Å². The first kappa shape index (κ1) is 18.0. The lowest BCUT2D eigenvalue weighted by atomic mass is 10.2. The molecular weight excluding hydrogens is 306 g/mol. The molecule has 7 heteroatoms. The molecule has 120 valence electrons. The number of benzene rings is 1. The fourth-order valence-corrected chi connectivity index (χ4v) is 2.02. The van der Waals surface area contributed by atoms with Crippen molar-refractivity contribution in [3.63, 3.8) is 0 Å². The summed E-state index contributed by atoms with van der Waals surface area (Å²) in [5.74, 6) is -0.510. The van der Waals surface area contributed by atoms with E-state index >= 15 is 0 Å². The first-order chi connectivity index (χ1) is 10.0. The van der Waals surface area contributed by atoms with Crippen LogP contribution in [-0.2, 0) is 20.9 Å². The van der Waals surface area contributed by atoms with E-state index < -0.39 is 6.04 Å². The SMILES string of the molecule is CCOC(=O)Cn1ccc2cc(NC(=O)[C@@H](C)N)ccc21.Cl. The number of fused-ring (bicyclic) bond motifs is 1. The molecule has 0 aliphatic heterocycles. The van der Waals surface area contributed by atoms with Gasteiger partial charge in [-0.1, -0.05) is 0 Å². The summed E-state index contributed by atoms with van der Waals surface area (Å²) in [6.07, 6.45) is 1.82. The van der Waals surface area contributed by atoms with Gasteiger partial charge in [0.2, 0.25) is 5.91 Å². The fourth-order valence-electron chi connectivity index (χ4n) is 2.02. The predicted molar refractivity (Wildman–Crippen MR) is 88.1 cm³/mol. The van der Waals surface area contributed by atoms with E-state index in [4.69, 9.17) is 10.5 Å². The lowest BCUT2D eigenvalue weighted by molar-refractivity contribution is -0.143. The van der Waals surface area contributed by atoms with E-state index in [1.165, 1.54) is 0 Å². The minimum atomic E-state index is -0.561. The van der Waals surface area contributed by atoms with E-state index in [9.17, 15) is 9.59 Å². The molecule has 0 radical (unpaired) electrons. The predicted octanol–water partition coefficient (Wildman–Crippen LogP) is 1.91. The number of aromatic nitrogens is 1. The molecule has 1 heterocycles. The topological polar surface area (TPSA) is 86.3 Å². The molecule has 0 bridgehead atoms. The first-order valence-corrected chi connectivity index (χ1v) is 6.82. The minimum Gasteiger partial charge on any atom is -0.465 e. The van der Waals surface area contributed by atoms with Gasteiger partial charge in [0.15, 0.2) is 0 Å². The lowest BCUT2D eigenvalue weighted by Crippen LogP contribution is -2.32. The van der Waals surface area contributed by atoms with E-state index in [0.717, 1.165) is 10.9 Å². The van der Waals surface area contributed by atoms with Crippen molar-refractivity contribution in [2.45, 2.75) is 26.4 Å². The number of carbonyl (C=O) groups excluding carboxylic acids is 2. The normalized spacial score (nSPS) is 11.6. The molecule has 1 atom stereocenters. The highest BCUT2D eigenvalue weighted by atomic mass is 35.5. The molecule has 1 aromatic carbocycles. The molecule has 3 N–H and O–H groups in total. The summed E-state index contributed by atoms with van der Waals surface area (Å²) in [7, 11) is 0. The van der Waals surface area contributed by atoms with Crippen molar-refractivity contribution in [2.24, 2.45) is 5.73 Å². The monoisotopic (exact) mass is 325 g/mol. The highest BCUT2D eigenvalue weighted by molar-refractivity contribution is 5.96. The van der Waals surface area contributed by atoms with Gasteiger partial charge in [-0.15, -0.1) is 12.4 Å². The molecule has 0 aliphatic rings. The molecule has 0 saturated carbocycles. The van der Waals surface area contributed by atoms with Crippen LogP contribution in [0.5, 0.6) is 0 Å². The summed E-state index contributed by atoms with van der Waals surface area (Å²) in [5, 5.41) is 3.67. The van der Waals surface area contributed by atoms with Crippen LogP contribution in [0.25, 0.3) is 10.9 Å². The zero-order chi connectivity index (χ0) is 15.4. The Balaban J connectivity index is 0.00000242. The van der Waals surface area contributed by atoms with Crippen LogP contribution in [0.2, 0.25) is 0 Å². The Morgan fingerprint density at radius 2 is 2.09 bits per heavy atom. The van der Waals surface area contributed by atoms with Crippen LogP contribution in [0, 0.1) is 0 Å². The highest BCUT2D eigenvalue weighted by Crippen LogP contribution is 2.20. The smallest absolute Gasteiger partial charge is 0.325 e. The number of esters is 1. The Bertz CT molecular complexity index is 667. The van der Waals surface area contributed by atoms with Crippen molar-refractivity contribution in [3.05, 3.63) is 30.5 Å². The summed E-state index contributed by atoms with van der Waals surface area (Å²) in [6.45, 7) is 3.94. The van der Waals surface area contributed by atoms with E-state index in [0.29, 0.717) is 12.3 Å². The molecule has 0 spiro atoms. The van der Waals surface area contributed by atoms with E-state index in [1.807, 2.05) is 29.0 Å². The largest absolute Gasteiger partial charge is 0.465 e. The van der Waals surface area contributed by atoms with E-state index in [1.54, 1.807) is 19.9 Å². The van der Waals surface area contributed by atoms with Crippen LogP contribution in [0.1, 0.15) is 13.8 Å². The van der Waals surface area contributed by atoms with Crippen molar-refractivity contribution in [1.82, 2.24) is 4.57 Å². The first-order valence-electron chi connectivity index (χ1n) is 6.82. The zero-order valence-corrected chi connectivity index (χ0v) is 13.4. The minimum absolute atomic E-state index is 0. The number of halogens is 1. The summed E-state index contributed by atoms with van der Waals surface area (Å²) < 4.78 is 6.75. The van der Waals surface area contributed by atoms with Crippen molar-refractivity contribution >= 4 is 40.9 Å². The Morgan fingerprint density at radius 1 is 1.36 bits per heavy atom. The van der Waals surface area contributed by atoms with Crippen LogP contribution in [0.15, 0.2) is 30.5 Å². The quantitative estimate of drug-likeness (QED) is 0.822. The maximum Gasteiger partial charge on any atom is 0.325 e. The van der Waals surface area contributed by atoms with E-state index in [2.05, 4.69) is 5.32 Å². The van der Waals surface area contributed by atoms with Gasteiger partial charge in [0.25, 0.3) is 0 Å². The lowest BCUT2D eigenvalue weighted by Gasteiger charge is -2.09. The summed E-state index contributed by atoms with van der Waals surface area (Å²) in [5.41, 5.74) is 7.10. The molecule has 1 aromatic heterocycles. The molecule has 0 aliphatic carbocycles. The average molecular weight is 326 g/mol. The van der Waals surface area contributed by atoms with Gasteiger partial charge in [0.1, 0.15) is 6.54 Å². The highest BCUT2D eigenvalue weighted by Gasteiger charge is 2.10. The maximum atomic E-state index is 11.6. The average Bonchev–Trinajstić information content (AvgIpc) is 2.81. The molecule has 0 fully saturated rings. The third-order valence-corrected chi connectivity index (χ3v) is 3.06.